The number of aromatic nitrogens is 3. The van der Waals surface area contributed by atoms with Gasteiger partial charge < -0.3 is 29.9 Å². The Morgan fingerprint density at radius 3 is 2.65 bits per heavy atom. The highest BCUT2D eigenvalue weighted by atomic mass is 35.5. The molecule has 0 radical (unpaired) electrons. The lowest BCUT2D eigenvalue weighted by Gasteiger charge is -2.19. The summed E-state index contributed by atoms with van der Waals surface area (Å²) >= 11 is 6.36. The third-order valence-electron chi connectivity index (χ3n) is 6.75. The second-order valence-electron chi connectivity index (χ2n) is 9.39. The van der Waals surface area contributed by atoms with Gasteiger partial charge in [-0.1, -0.05) is 11.6 Å². The second-order valence-corrected chi connectivity index (χ2v) is 11.5. The van der Waals surface area contributed by atoms with E-state index in [1.807, 2.05) is 0 Å². The zero-order valence-electron chi connectivity index (χ0n) is 22.9. The first-order chi connectivity index (χ1) is 20.5. The van der Waals surface area contributed by atoms with Gasteiger partial charge in [0, 0.05) is 46.0 Å². The molecule has 1 atom stereocenters. The maximum Gasteiger partial charge on any atom is 0.341 e. The molecule has 0 spiro atoms. The number of hydrogen-bond donors (Lipinski definition) is 4. The number of ether oxygens (including phenoxy) is 2. The number of anilines is 1. The zero-order valence-corrected chi connectivity index (χ0v) is 24.4. The maximum absolute atomic E-state index is 13.6. The molecule has 0 aliphatic rings. The molecule has 5 N–H and O–H groups in total. The van der Waals surface area contributed by atoms with Crippen LogP contribution >= 0.6 is 11.6 Å². The molecular formula is C29H26ClN5O7S. The van der Waals surface area contributed by atoms with Gasteiger partial charge in [0.15, 0.2) is 6.23 Å². The van der Waals surface area contributed by atoms with Gasteiger partial charge in [-0.05, 0) is 66.2 Å². The quantitative estimate of drug-likeness (QED) is 0.141. The lowest BCUT2D eigenvalue weighted by Crippen LogP contribution is -2.31. The van der Waals surface area contributed by atoms with Crippen molar-refractivity contribution >= 4 is 44.3 Å². The Kier molecular flexibility index (Phi) is 8.24. The minimum Gasteiger partial charge on any atom is -0.496 e. The number of fused-ring (bicyclic) bond motifs is 1. The number of esters is 1. The molecule has 0 saturated carbocycles. The van der Waals surface area contributed by atoms with E-state index in [9.17, 15) is 23.1 Å². The van der Waals surface area contributed by atoms with Crippen LogP contribution in [0, 0.1) is 0 Å². The highest BCUT2D eigenvalue weighted by Gasteiger charge is 2.30. The summed E-state index contributed by atoms with van der Waals surface area (Å²) in [5.41, 5.74) is 7.07. The van der Waals surface area contributed by atoms with E-state index in [4.69, 9.17) is 26.8 Å². The smallest absolute Gasteiger partial charge is 0.341 e. The lowest BCUT2D eigenvalue weighted by molar-refractivity contribution is 0.0596. The largest absolute Gasteiger partial charge is 0.496 e. The first-order valence-electron chi connectivity index (χ1n) is 12.7. The predicted molar refractivity (Wildman–Crippen MR) is 160 cm³/mol. The average molecular weight is 624 g/mol. The molecular weight excluding hydrogens is 598 g/mol. The maximum atomic E-state index is 13.6. The number of carbonyl (C=O) groups is 1. The van der Waals surface area contributed by atoms with Crippen molar-refractivity contribution in [2.75, 3.05) is 20.0 Å². The third kappa shape index (κ3) is 5.83. The van der Waals surface area contributed by atoms with Crippen LogP contribution in [0.2, 0.25) is 5.02 Å². The number of rotatable bonds is 9. The molecule has 43 heavy (non-hydrogen) atoms. The molecule has 1 unspecified atom stereocenters. The first kappa shape index (κ1) is 29.8. The van der Waals surface area contributed by atoms with Crippen molar-refractivity contribution in [1.29, 1.82) is 0 Å². The van der Waals surface area contributed by atoms with Crippen LogP contribution in [0.3, 0.4) is 0 Å². The molecule has 3 heterocycles. The van der Waals surface area contributed by atoms with Crippen LogP contribution in [0.4, 0.5) is 5.82 Å². The van der Waals surface area contributed by atoms with E-state index >= 15 is 0 Å². The highest BCUT2D eigenvalue weighted by Crippen LogP contribution is 2.38. The summed E-state index contributed by atoms with van der Waals surface area (Å²) in [4.78, 5) is 31.6. The van der Waals surface area contributed by atoms with Gasteiger partial charge in [0.25, 0.3) is 5.56 Å². The number of aromatic amines is 1. The Hall–Kier alpha value is -4.69. The Labute approximate surface area is 250 Å². The van der Waals surface area contributed by atoms with E-state index in [0.29, 0.717) is 21.5 Å². The number of nitrogens with zero attached hydrogens (tertiary/aromatic N) is 2. The molecule has 14 heteroatoms. The normalized spacial score (nSPS) is 12.3. The summed E-state index contributed by atoms with van der Waals surface area (Å²) in [5, 5.41) is 12.5. The van der Waals surface area contributed by atoms with Crippen LogP contribution in [-0.4, -0.2) is 48.2 Å². The molecule has 0 fully saturated rings. The summed E-state index contributed by atoms with van der Waals surface area (Å²) in [5.74, 6) is -0.445. The van der Waals surface area contributed by atoms with Crippen molar-refractivity contribution in [2.45, 2.75) is 17.7 Å². The van der Waals surface area contributed by atoms with Crippen molar-refractivity contribution in [3.05, 3.63) is 105 Å². The Bertz CT molecular complexity index is 2020. The number of H-pyrrole nitrogens is 1. The van der Waals surface area contributed by atoms with E-state index in [2.05, 4.69) is 14.7 Å². The number of nitrogens with one attached hydrogen (secondary N) is 2. The summed E-state index contributed by atoms with van der Waals surface area (Å²) in [6.45, 7) is 0.124. The van der Waals surface area contributed by atoms with Gasteiger partial charge in [0.1, 0.15) is 17.1 Å². The van der Waals surface area contributed by atoms with Crippen molar-refractivity contribution in [3.63, 3.8) is 0 Å². The van der Waals surface area contributed by atoms with Gasteiger partial charge in [-0.25, -0.2) is 18.2 Å². The summed E-state index contributed by atoms with van der Waals surface area (Å²) in [7, 11) is -1.99. The Balaban J connectivity index is 1.71. The van der Waals surface area contributed by atoms with Crippen molar-refractivity contribution < 1.29 is 27.8 Å². The van der Waals surface area contributed by atoms with Crippen LogP contribution in [0.15, 0.2) is 82.7 Å². The predicted octanol–water partition coefficient (Wildman–Crippen LogP) is 3.44. The summed E-state index contributed by atoms with van der Waals surface area (Å²) < 4.78 is 41.0. The molecule has 3 aromatic heterocycles. The molecule has 222 valence electrons. The highest BCUT2D eigenvalue weighted by molar-refractivity contribution is 7.89. The van der Waals surface area contributed by atoms with E-state index < -0.39 is 27.8 Å². The van der Waals surface area contributed by atoms with E-state index in [1.165, 1.54) is 31.6 Å². The SMILES string of the molecule is COC(=O)c1cc(S(=O)(=O)NC(O)c2c(-c3ccc[nH]c3=O)c3cc(Cl)ccc3n2Cc2ccnc(N)c2)ccc1OC. The number of halogens is 1. The third-order valence-corrected chi connectivity index (χ3v) is 8.39. The van der Waals surface area contributed by atoms with Crippen molar-refractivity contribution in [1.82, 2.24) is 19.3 Å². The summed E-state index contributed by atoms with van der Waals surface area (Å²) in [6.07, 6.45) is 1.10. The molecule has 5 aromatic rings. The van der Waals surface area contributed by atoms with Gasteiger partial charge in [-0.15, -0.1) is 0 Å². The number of benzene rings is 2. The number of carbonyl (C=O) groups excluding carboxylic acids is 1. The molecule has 0 saturated heterocycles. The minimum absolute atomic E-state index is 0.0645. The number of hydrogen-bond acceptors (Lipinski definition) is 9. The van der Waals surface area contributed by atoms with E-state index in [1.54, 1.807) is 47.0 Å². The monoisotopic (exact) mass is 623 g/mol. The van der Waals surface area contributed by atoms with Crippen molar-refractivity contribution in [3.8, 4) is 16.9 Å². The molecule has 0 aliphatic carbocycles. The molecule has 0 amide bonds. The zero-order chi connectivity index (χ0) is 30.9. The average Bonchev–Trinajstić information content (AvgIpc) is 3.29. The number of nitrogen functional groups attached to an aromatic ring is 1. The second kappa shape index (κ2) is 11.9. The number of sulfonamides is 1. The standard InChI is InChI=1S/C29H26ClN5O7S/c1-41-23-8-6-18(14-21(23)29(38)42-2)43(39,40)34-28(37)26-25(19-4-3-10-33-27(19)36)20-13-17(30)5-7-22(20)35(26)15-16-9-11-32-24(31)12-16/h3-14,28,34,37H,15H2,1-2H3,(H2,31,32)(H,33,36). The fraction of sp³-hybridized carbons (Fsp3) is 0.138. The van der Waals surface area contributed by atoms with Gasteiger partial charge in [0.2, 0.25) is 10.0 Å². The lowest BCUT2D eigenvalue weighted by atomic mass is 10.0. The van der Waals surface area contributed by atoms with Crippen LogP contribution in [-0.2, 0) is 21.3 Å². The van der Waals surface area contributed by atoms with Crippen LogP contribution in [0.25, 0.3) is 22.0 Å². The van der Waals surface area contributed by atoms with Crippen LogP contribution in [0.1, 0.15) is 27.8 Å². The fourth-order valence-corrected chi connectivity index (χ4v) is 6.11. The number of aliphatic hydroxyl groups excluding tert-OH is 1. The Morgan fingerprint density at radius 2 is 1.95 bits per heavy atom. The van der Waals surface area contributed by atoms with Gasteiger partial charge in [-0.2, -0.15) is 4.72 Å². The first-order valence-corrected chi connectivity index (χ1v) is 14.6. The molecule has 0 bridgehead atoms. The fourth-order valence-electron chi connectivity index (χ4n) is 4.87. The minimum atomic E-state index is -4.47. The van der Waals surface area contributed by atoms with Gasteiger partial charge >= 0.3 is 5.97 Å². The summed E-state index contributed by atoms with van der Waals surface area (Å²) in [6, 6.07) is 15.1. The molecule has 5 rings (SSSR count). The topological polar surface area (TPSA) is 179 Å². The van der Waals surface area contributed by atoms with Crippen LogP contribution < -0.4 is 20.8 Å². The van der Waals surface area contributed by atoms with Gasteiger partial charge in [0.05, 0.1) is 24.8 Å². The van der Waals surface area contributed by atoms with Crippen LogP contribution in [0.5, 0.6) is 5.75 Å². The van der Waals surface area contributed by atoms with E-state index in [-0.39, 0.29) is 45.4 Å². The van der Waals surface area contributed by atoms with E-state index in [0.717, 1.165) is 13.2 Å². The van der Waals surface area contributed by atoms with Gasteiger partial charge in [-0.3, -0.25) is 4.79 Å². The number of pyridine rings is 2. The van der Waals surface area contributed by atoms with Crippen molar-refractivity contribution in [2.24, 2.45) is 0 Å². The number of nitrogens with two attached hydrogens (primary N) is 1. The molecule has 0 aliphatic heterocycles. The Morgan fingerprint density at radius 1 is 1.16 bits per heavy atom. The molecule has 12 nitrogen and oxygen atoms in total. The number of methoxy groups -OCH3 is 2. The molecule has 2 aromatic carbocycles. The number of aliphatic hydroxyl groups is 1.